The van der Waals surface area contributed by atoms with Crippen molar-refractivity contribution in [3.8, 4) is 0 Å². The minimum atomic E-state index is -0.727. The van der Waals surface area contributed by atoms with Crippen LogP contribution in [0.2, 0.25) is 0 Å². The second kappa shape index (κ2) is 4.07. The third kappa shape index (κ3) is 5.22. The van der Waals surface area contributed by atoms with Crippen LogP contribution in [0.1, 0.15) is 40.5 Å². The number of aliphatic hydroxyl groups is 1. The van der Waals surface area contributed by atoms with E-state index >= 15 is 0 Å². The maximum Gasteiger partial charge on any atom is 0.0741 e. The van der Waals surface area contributed by atoms with Gasteiger partial charge in [0.2, 0.25) is 0 Å². The van der Waals surface area contributed by atoms with Gasteiger partial charge in [-0.1, -0.05) is 13.8 Å². The number of hydrogen-bond donors (Lipinski definition) is 2. The van der Waals surface area contributed by atoms with Crippen LogP contribution in [-0.4, -0.2) is 16.7 Å². The molecule has 2 heteroatoms. The highest BCUT2D eigenvalue weighted by Gasteiger charge is 2.22. The first kappa shape index (κ1) is 10.9. The van der Waals surface area contributed by atoms with Crippen molar-refractivity contribution in [2.45, 2.75) is 52.2 Å². The van der Waals surface area contributed by atoms with Gasteiger partial charge in [0.25, 0.3) is 0 Å². The lowest BCUT2D eigenvalue weighted by molar-refractivity contribution is 0.0473. The highest BCUT2D eigenvalue weighted by atomic mass is 16.3. The van der Waals surface area contributed by atoms with Crippen molar-refractivity contribution in [3.63, 3.8) is 0 Å². The molecule has 11 heavy (non-hydrogen) atoms. The molecule has 68 valence electrons. The van der Waals surface area contributed by atoms with E-state index in [0.717, 1.165) is 12.8 Å². The maximum atomic E-state index is 9.47. The molecule has 0 heterocycles. The average Bonchev–Trinajstić information content (AvgIpc) is 1.80. The van der Waals surface area contributed by atoms with E-state index in [2.05, 4.69) is 13.8 Å². The molecule has 0 spiro atoms. The molecule has 0 aliphatic rings. The molecule has 0 aromatic heterocycles. The second-order valence-electron chi connectivity index (χ2n) is 4.23. The van der Waals surface area contributed by atoms with E-state index in [1.54, 1.807) is 13.8 Å². The summed E-state index contributed by atoms with van der Waals surface area (Å²) in [7, 11) is 0. The molecule has 0 aliphatic heterocycles. The van der Waals surface area contributed by atoms with Gasteiger partial charge in [-0.3, -0.25) is 0 Å². The highest BCUT2D eigenvalue weighted by Crippen LogP contribution is 2.14. The van der Waals surface area contributed by atoms with Crippen LogP contribution >= 0.6 is 0 Å². The lowest BCUT2D eigenvalue weighted by Gasteiger charge is -2.26. The molecule has 0 aromatic carbocycles. The quantitative estimate of drug-likeness (QED) is 0.653. The molecule has 0 fully saturated rings. The minimum absolute atomic E-state index is 0.0927. The fourth-order valence-corrected chi connectivity index (χ4v) is 0.866. The summed E-state index contributed by atoms with van der Waals surface area (Å²) in [4.78, 5) is 0. The van der Waals surface area contributed by atoms with E-state index in [1.807, 2.05) is 0 Å². The molecule has 1 atom stereocenters. The molecule has 2 nitrogen and oxygen atoms in total. The van der Waals surface area contributed by atoms with Gasteiger partial charge in [0.05, 0.1) is 5.60 Å². The Kier molecular flexibility index (Phi) is 4.04. The van der Waals surface area contributed by atoms with Crippen LogP contribution in [0.5, 0.6) is 0 Å². The van der Waals surface area contributed by atoms with Gasteiger partial charge in [-0.2, -0.15) is 0 Å². The molecule has 0 rings (SSSR count). The summed E-state index contributed by atoms with van der Waals surface area (Å²) < 4.78 is 0. The molecule has 0 aromatic rings. The average molecular weight is 159 g/mol. The highest BCUT2D eigenvalue weighted by molar-refractivity contribution is 4.80. The third-order valence-electron chi connectivity index (χ3n) is 1.96. The molecule has 0 radical (unpaired) electrons. The topological polar surface area (TPSA) is 46.2 Å². The Bertz CT molecular complexity index is 105. The van der Waals surface area contributed by atoms with Gasteiger partial charge in [-0.15, -0.1) is 0 Å². The predicted molar refractivity (Wildman–Crippen MR) is 48.3 cm³/mol. The van der Waals surface area contributed by atoms with Crippen molar-refractivity contribution in [1.29, 1.82) is 0 Å². The van der Waals surface area contributed by atoms with Crippen molar-refractivity contribution in [1.82, 2.24) is 0 Å². The van der Waals surface area contributed by atoms with E-state index in [0.29, 0.717) is 5.92 Å². The summed E-state index contributed by atoms with van der Waals surface area (Å²) in [6.45, 7) is 7.85. The van der Waals surface area contributed by atoms with Gasteiger partial charge in [-0.05, 0) is 32.6 Å². The van der Waals surface area contributed by atoms with Gasteiger partial charge in [0.15, 0.2) is 0 Å². The molecule has 3 N–H and O–H groups in total. The van der Waals surface area contributed by atoms with Crippen LogP contribution < -0.4 is 5.73 Å². The zero-order chi connectivity index (χ0) is 9.07. The summed E-state index contributed by atoms with van der Waals surface area (Å²) in [5.41, 5.74) is 5.02. The van der Waals surface area contributed by atoms with Gasteiger partial charge in [0.1, 0.15) is 0 Å². The first-order valence-electron chi connectivity index (χ1n) is 4.32. The molecule has 0 amide bonds. The molecular formula is C9H21NO. The van der Waals surface area contributed by atoms with E-state index in [1.165, 1.54) is 0 Å². The van der Waals surface area contributed by atoms with Gasteiger partial charge >= 0.3 is 0 Å². The predicted octanol–water partition coefficient (Wildman–Crippen LogP) is 1.52. The molecular weight excluding hydrogens is 138 g/mol. The standard InChI is InChI=1S/C9H21NO/c1-7(2)5-6-8(10)9(3,4)11/h7-8,11H,5-6,10H2,1-4H3. The normalized spacial score (nSPS) is 15.5. The molecule has 0 saturated heterocycles. The van der Waals surface area contributed by atoms with Crippen molar-refractivity contribution in [3.05, 3.63) is 0 Å². The summed E-state index contributed by atoms with van der Waals surface area (Å²) in [5, 5.41) is 9.47. The second-order valence-corrected chi connectivity index (χ2v) is 4.23. The van der Waals surface area contributed by atoms with Crippen LogP contribution in [-0.2, 0) is 0 Å². The maximum absolute atomic E-state index is 9.47. The smallest absolute Gasteiger partial charge is 0.0741 e. The van der Waals surface area contributed by atoms with Crippen LogP contribution in [0.15, 0.2) is 0 Å². The van der Waals surface area contributed by atoms with Crippen molar-refractivity contribution in [2.24, 2.45) is 11.7 Å². The van der Waals surface area contributed by atoms with E-state index < -0.39 is 5.60 Å². The van der Waals surface area contributed by atoms with E-state index in [-0.39, 0.29) is 6.04 Å². The molecule has 0 aliphatic carbocycles. The van der Waals surface area contributed by atoms with Crippen molar-refractivity contribution < 1.29 is 5.11 Å². The third-order valence-corrected chi connectivity index (χ3v) is 1.96. The summed E-state index contributed by atoms with van der Waals surface area (Å²) in [6.07, 6.45) is 1.99. The van der Waals surface area contributed by atoms with Crippen LogP contribution in [0.25, 0.3) is 0 Å². The number of nitrogens with two attached hydrogens (primary N) is 1. The van der Waals surface area contributed by atoms with Gasteiger partial charge in [-0.25, -0.2) is 0 Å². The Morgan fingerprint density at radius 2 is 1.73 bits per heavy atom. The van der Waals surface area contributed by atoms with Crippen molar-refractivity contribution in [2.75, 3.05) is 0 Å². The zero-order valence-corrected chi connectivity index (χ0v) is 8.09. The Labute approximate surface area is 69.8 Å². The fourth-order valence-electron chi connectivity index (χ4n) is 0.866. The fraction of sp³-hybridized carbons (Fsp3) is 1.00. The van der Waals surface area contributed by atoms with Gasteiger partial charge < -0.3 is 10.8 Å². The van der Waals surface area contributed by atoms with Crippen LogP contribution in [0.3, 0.4) is 0 Å². The SMILES string of the molecule is CC(C)CCC(N)C(C)(C)O. The van der Waals surface area contributed by atoms with E-state index in [4.69, 9.17) is 5.73 Å². The lowest BCUT2D eigenvalue weighted by Crippen LogP contribution is -2.43. The summed E-state index contributed by atoms with van der Waals surface area (Å²) in [5.74, 6) is 0.670. The first-order valence-corrected chi connectivity index (χ1v) is 4.32. The molecule has 0 saturated carbocycles. The van der Waals surface area contributed by atoms with Crippen molar-refractivity contribution >= 4 is 0 Å². The Morgan fingerprint density at radius 3 is 2.00 bits per heavy atom. The van der Waals surface area contributed by atoms with Crippen LogP contribution in [0.4, 0.5) is 0 Å². The number of rotatable bonds is 4. The molecule has 0 bridgehead atoms. The zero-order valence-electron chi connectivity index (χ0n) is 8.09. The minimum Gasteiger partial charge on any atom is -0.389 e. The van der Waals surface area contributed by atoms with Gasteiger partial charge in [0, 0.05) is 6.04 Å². The Balaban J connectivity index is 3.61. The first-order chi connectivity index (χ1) is 4.84. The Morgan fingerprint density at radius 1 is 1.27 bits per heavy atom. The van der Waals surface area contributed by atoms with Crippen LogP contribution in [0, 0.1) is 5.92 Å². The van der Waals surface area contributed by atoms with E-state index in [9.17, 15) is 5.11 Å². The summed E-state index contributed by atoms with van der Waals surface area (Å²) in [6, 6.07) is -0.0927. The monoisotopic (exact) mass is 159 g/mol. The number of hydrogen-bond acceptors (Lipinski definition) is 2. The molecule has 1 unspecified atom stereocenters. The summed E-state index contributed by atoms with van der Waals surface area (Å²) >= 11 is 0. The Hall–Kier alpha value is -0.0800. The largest absolute Gasteiger partial charge is 0.389 e. The lowest BCUT2D eigenvalue weighted by atomic mass is 9.93.